The van der Waals surface area contributed by atoms with E-state index in [-0.39, 0.29) is 5.60 Å². The molecule has 2 unspecified atom stereocenters. The van der Waals surface area contributed by atoms with Crippen molar-refractivity contribution >= 4 is 15.9 Å². The molecule has 1 aromatic carbocycles. The lowest BCUT2D eigenvalue weighted by Gasteiger charge is -2.34. The van der Waals surface area contributed by atoms with Gasteiger partial charge in [0.05, 0.1) is 11.7 Å². The SMILES string of the molecule is Cc1ccccc1C(CBr)CC1CCC2(CCCCC2)O1. The maximum atomic E-state index is 6.56. The minimum absolute atomic E-state index is 0.255. The second-order valence-electron chi connectivity index (χ2n) is 6.97. The molecular weight excluding hydrogens is 324 g/mol. The van der Waals surface area contributed by atoms with Crippen molar-refractivity contribution in [3.05, 3.63) is 35.4 Å². The molecule has 1 spiro atoms. The molecule has 1 nitrogen and oxygen atoms in total. The fraction of sp³-hybridized carbons (Fsp3) is 0.684. The van der Waals surface area contributed by atoms with Gasteiger partial charge in [0, 0.05) is 5.33 Å². The molecular formula is C19H27BrO. The summed E-state index contributed by atoms with van der Waals surface area (Å²) in [5.41, 5.74) is 3.15. The second kappa shape index (κ2) is 6.83. The maximum Gasteiger partial charge on any atom is 0.0687 e. The molecule has 1 heterocycles. The highest BCUT2D eigenvalue weighted by Crippen LogP contribution is 2.44. The molecule has 2 aliphatic rings. The Kier molecular flexibility index (Phi) is 5.06. The van der Waals surface area contributed by atoms with Gasteiger partial charge in [0.2, 0.25) is 0 Å². The van der Waals surface area contributed by atoms with Crippen molar-refractivity contribution in [1.82, 2.24) is 0 Å². The van der Waals surface area contributed by atoms with Gasteiger partial charge in [0.1, 0.15) is 0 Å². The van der Waals surface area contributed by atoms with E-state index in [2.05, 4.69) is 47.1 Å². The van der Waals surface area contributed by atoms with Crippen LogP contribution in [0.2, 0.25) is 0 Å². The van der Waals surface area contributed by atoms with Crippen molar-refractivity contribution in [3.63, 3.8) is 0 Å². The molecule has 1 aliphatic heterocycles. The van der Waals surface area contributed by atoms with Crippen LogP contribution in [-0.4, -0.2) is 17.0 Å². The summed E-state index contributed by atoms with van der Waals surface area (Å²) >= 11 is 3.73. The Labute approximate surface area is 137 Å². The number of hydrogen-bond acceptors (Lipinski definition) is 1. The summed E-state index contributed by atoms with van der Waals surface area (Å²) in [4.78, 5) is 0. The molecule has 0 radical (unpaired) electrons. The van der Waals surface area contributed by atoms with E-state index < -0.39 is 0 Å². The average molecular weight is 351 g/mol. The van der Waals surface area contributed by atoms with Gasteiger partial charge in [-0.05, 0) is 56.1 Å². The Balaban J connectivity index is 1.64. The molecule has 116 valence electrons. The van der Waals surface area contributed by atoms with Crippen molar-refractivity contribution in [1.29, 1.82) is 0 Å². The lowest BCUT2D eigenvalue weighted by atomic mass is 9.83. The molecule has 1 saturated carbocycles. The number of ether oxygens (including phenoxy) is 1. The van der Waals surface area contributed by atoms with E-state index in [4.69, 9.17) is 4.74 Å². The van der Waals surface area contributed by atoms with Crippen LogP contribution in [0.1, 0.15) is 68.4 Å². The summed E-state index contributed by atoms with van der Waals surface area (Å²) in [6, 6.07) is 8.80. The third-order valence-corrected chi connectivity index (χ3v) is 6.25. The molecule has 2 heteroatoms. The molecule has 1 aliphatic carbocycles. The van der Waals surface area contributed by atoms with E-state index in [1.54, 1.807) is 0 Å². The maximum absolute atomic E-state index is 6.56. The van der Waals surface area contributed by atoms with Crippen LogP contribution in [-0.2, 0) is 4.74 Å². The van der Waals surface area contributed by atoms with Crippen molar-refractivity contribution in [2.45, 2.75) is 75.9 Å². The van der Waals surface area contributed by atoms with Gasteiger partial charge in [-0.2, -0.15) is 0 Å². The van der Waals surface area contributed by atoms with Crippen molar-refractivity contribution < 1.29 is 4.74 Å². The number of aryl methyl sites for hydroxylation is 1. The summed E-state index contributed by atoms with van der Waals surface area (Å²) in [7, 11) is 0. The summed E-state index contributed by atoms with van der Waals surface area (Å²) in [5.74, 6) is 0.579. The van der Waals surface area contributed by atoms with Crippen LogP contribution in [0.5, 0.6) is 0 Å². The molecule has 0 N–H and O–H groups in total. The number of hydrogen-bond donors (Lipinski definition) is 0. The smallest absolute Gasteiger partial charge is 0.0687 e. The number of benzene rings is 1. The number of rotatable bonds is 4. The van der Waals surface area contributed by atoms with E-state index in [9.17, 15) is 0 Å². The first-order valence-corrected chi connectivity index (χ1v) is 9.64. The van der Waals surface area contributed by atoms with Crippen molar-refractivity contribution in [2.75, 3.05) is 5.33 Å². The standard InChI is InChI=1S/C19H27BrO/c1-15-7-3-4-8-18(15)16(14-20)13-17-9-12-19(21-17)10-5-2-6-11-19/h3-4,7-8,16-17H,2,5-6,9-14H2,1H3. The van der Waals surface area contributed by atoms with Crippen LogP contribution in [0.15, 0.2) is 24.3 Å². The van der Waals surface area contributed by atoms with Gasteiger partial charge in [-0.1, -0.05) is 59.5 Å². The van der Waals surface area contributed by atoms with E-state index >= 15 is 0 Å². The minimum atomic E-state index is 0.255. The highest BCUT2D eigenvalue weighted by atomic mass is 79.9. The topological polar surface area (TPSA) is 9.23 Å². The zero-order valence-electron chi connectivity index (χ0n) is 13.1. The van der Waals surface area contributed by atoms with Gasteiger partial charge < -0.3 is 4.74 Å². The monoisotopic (exact) mass is 350 g/mol. The van der Waals surface area contributed by atoms with Gasteiger partial charge in [0.15, 0.2) is 0 Å². The quantitative estimate of drug-likeness (QED) is 0.628. The van der Waals surface area contributed by atoms with E-state index in [0.717, 1.165) is 11.8 Å². The van der Waals surface area contributed by atoms with Crippen molar-refractivity contribution in [2.24, 2.45) is 0 Å². The fourth-order valence-electron chi connectivity index (χ4n) is 4.26. The molecule has 0 aromatic heterocycles. The predicted octanol–water partition coefficient (Wildman–Crippen LogP) is 5.75. The zero-order chi connectivity index (χ0) is 14.7. The zero-order valence-corrected chi connectivity index (χ0v) is 14.7. The Morgan fingerprint density at radius 2 is 1.95 bits per heavy atom. The molecule has 21 heavy (non-hydrogen) atoms. The van der Waals surface area contributed by atoms with E-state index in [1.165, 1.54) is 56.1 Å². The van der Waals surface area contributed by atoms with Crippen LogP contribution in [0.25, 0.3) is 0 Å². The van der Waals surface area contributed by atoms with Crippen LogP contribution in [0, 0.1) is 6.92 Å². The summed E-state index contributed by atoms with van der Waals surface area (Å²) in [5, 5.41) is 1.03. The van der Waals surface area contributed by atoms with Gasteiger partial charge in [0.25, 0.3) is 0 Å². The first-order chi connectivity index (χ1) is 10.2. The highest BCUT2D eigenvalue weighted by Gasteiger charge is 2.41. The highest BCUT2D eigenvalue weighted by molar-refractivity contribution is 9.09. The predicted molar refractivity (Wildman–Crippen MR) is 92.3 cm³/mol. The Bertz CT molecular complexity index is 464. The Morgan fingerprint density at radius 3 is 2.67 bits per heavy atom. The Hall–Kier alpha value is -0.340. The minimum Gasteiger partial charge on any atom is -0.372 e. The summed E-state index contributed by atoms with van der Waals surface area (Å²) < 4.78 is 6.56. The van der Waals surface area contributed by atoms with Crippen LogP contribution in [0.4, 0.5) is 0 Å². The summed E-state index contributed by atoms with van der Waals surface area (Å²) in [6.07, 6.45) is 10.9. The molecule has 1 aromatic rings. The summed E-state index contributed by atoms with van der Waals surface area (Å²) in [6.45, 7) is 2.23. The van der Waals surface area contributed by atoms with Crippen LogP contribution < -0.4 is 0 Å². The normalized spacial score (nSPS) is 26.1. The fourth-order valence-corrected chi connectivity index (χ4v) is 4.87. The largest absolute Gasteiger partial charge is 0.372 e. The first-order valence-electron chi connectivity index (χ1n) is 8.52. The van der Waals surface area contributed by atoms with Gasteiger partial charge in [-0.3, -0.25) is 0 Å². The molecule has 0 bridgehead atoms. The number of alkyl halides is 1. The van der Waals surface area contributed by atoms with Crippen LogP contribution in [0.3, 0.4) is 0 Å². The third kappa shape index (κ3) is 3.53. The molecule has 1 saturated heterocycles. The van der Waals surface area contributed by atoms with Gasteiger partial charge in [-0.15, -0.1) is 0 Å². The first kappa shape index (κ1) is 15.6. The lowest BCUT2D eigenvalue weighted by Crippen LogP contribution is -2.32. The van der Waals surface area contributed by atoms with E-state index in [1.807, 2.05) is 0 Å². The average Bonchev–Trinajstić information content (AvgIpc) is 2.89. The Morgan fingerprint density at radius 1 is 1.19 bits per heavy atom. The third-order valence-electron chi connectivity index (χ3n) is 5.47. The van der Waals surface area contributed by atoms with Crippen LogP contribution >= 0.6 is 15.9 Å². The molecule has 3 rings (SSSR count). The number of halogens is 1. The van der Waals surface area contributed by atoms with Crippen molar-refractivity contribution in [3.8, 4) is 0 Å². The van der Waals surface area contributed by atoms with Gasteiger partial charge in [-0.25, -0.2) is 0 Å². The lowest BCUT2D eigenvalue weighted by molar-refractivity contribution is -0.0668. The second-order valence-corrected chi connectivity index (χ2v) is 7.61. The van der Waals surface area contributed by atoms with Gasteiger partial charge >= 0.3 is 0 Å². The molecule has 2 atom stereocenters. The molecule has 0 amide bonds. The van der Waals surface area contributed by atoms with E-state index in [0.29, 0.717) is 12.0 Å². The molecule has 2 fully saturated rings.